The molecule has 136 valence electrons. The van der Waals surface area contributed by atoms with Crippen LogP contribution in [0.15, 0.2) is 36.4 Å². The highest BCUT2D eigenvalue weighted by molar-refractivity contribution is 6.39. The predicted molar refractivity (Wildman–Crippen MR) is 98.7 cm³/mol. The smallest absolute Gasteiger partial charge is 0.313 e. The minimum absolute atomic E-state index is 0.345. The Morgan fingerprint density at radius 2 is 1.77 bits per heavy atom. The number of nitrogens with one attached hydrogen (secondary N) is 1. The molecule has 0 radical (unpaired) electrons. The SMILES string of the molecule is COc1cc2c(cc1OC)CN(C(=O)C(=O)Nc1cccc(Cl)c1)CC2. The summed E-state index contributed by atoms with van der Waals surface area (Å²) in [5.41, 5.74) is 2.51. The van der Waals surface area contributed by atoms with Gasteiger partial charge in [0.15, 0.2) is 11.5 Å². The summed E-state index contributed by atoms with van der Waals surface area (Å²) in [5.74, 6) is -0.00439. The Morgan fingerprint density at radius 3 is 2.42 bits per heavy atom. The van der Waals surface area contributed by atoms with Crippen LogP contribution in [0.1, 0.15) is 11.1 Å². The van der Waals surface area contributed by atoms with Gasteiger partial charge < -0.3 is 19.7 Å². The molecule has 0 aliphatic carbocycles. The minimum atomic E-state index is -0.684. The zero-order valence-corrected chi connectivity index (χ0v) is 15.3. The van der Waals surface area contributed by atoms with Crippen molar-refractivity contribution in [2.45, 2.75) is 13.0 Å². The second kappa shape index (κ2) is 7.66. The molecule has 0 spiro atoms. The highest BCUT2D eigenvalue weighted by Crippen LogP contribution is 2.33. The third-order valence-electron chi connectivity index (χ3n) is 4.28. The summed E-state index contributed by atoms with van der Waals surface area (Å²) >= 11 is 5.90. The molecule has 3 rings (SSSR count). The van der Waals surface area contributed by atoms with Crippen LogP contribution in [0.25, 0.3) is 0 Å². The van der Waals surface area contributed by atoms with Gasteiger partial charge in [-0.3, -0.25) is 9.59 Å². The first-order chi connectivity index (χ1) is 12.5. The number of carbonyl (C=O) groups is 2. The maximum absolute atomic E-state index is 12.5. The van der Waals surface area contributed by atoms with Crippen LogP contribution in [0.3, 0.4) is 0 Å². The quantitative estimate of drug-likeness (QED) is 0.839. The molecule has 7 heteroatoms. The molecular weight excluding hydrogens is 356 g/mol. The van der Waals surface area contributed by atoms with Gasteiger partial charge in [-0.15, -0.1) is 0 Å². The van der Waals surface area contributed by atoms with Crippen LogP contribution in [0.2, 0.25) is 5.02 Å². The molecule has 0 aromatic heterocycles. The Hall–Kier alpha value is -2.73. The molecule has 0 saturated carbocycles. The number of hydrogen-bond donors (Lipinski definition) is 1. The molecule has 1 N–H and O–H groups in total. The first-order valence-electron chi connectivity index (χ1n) is 8.11. The Kier molecular flexibility index (Phi) is 5.32. The lowest BCUT2D eigenvalue weighted by Crippen LogP contribution is -2.42. The van der Waals surface area contributed by atoms with Gasteiger partial charge in [0.2, 0.25) is 0 Å². The van der Waals surface area contributed by atoms with Crippen LogP contribution in [0.4, 0.5) is 5.69 Å². The number of ether oxygens (including phenoxy) is 2. The molecule has 0 fully saturated rings. The number of halogens is 1. The Labute approximate surface area is 156 Å². The van der Waals surface area contributed by atoms with Gasteiger partial charge in [0.05, 0.1) is 14.2 Å². The lowest BCUT2D eigenvalue weighted by molar-refractivity contribution is -0.143. The minimum Gasteiger partial charge on any atom is -0.493 e. The molecule has 0 unspecified atom stereocenters. The van der Waals surface area contributed by atoms with E-state index in [0.717, 1.165) is 11.1 Å². The van der Waals surface area contributed by atoms with Crippen molar-refractivity contribution >= 4 is 29.1 Å². The van der Waals surface area contributed by atoms with Gasteiger partial charge in [-0.25, -0.2) is 0 Å². The maximum atomic E-state index is 12.5. The second-order valence-electron chi connectivity index (χ2n) is 5.92. The van der Waals surface area contributed by atoms with Gasteiger partial charge in [0.1, 0.15) is 0 Å². The zero-order chi connectivity index (χ0) is 18.7. The fraction of sp³-hybridized carbons (Fsp3) is 0.263. The monoisotopic (exact) mass is 374 g/mol. The van der Waals surface area contributed by atoms with Crippen LogP contribution >= 0.6 is 11.6 Å². The summed E-state index contributed by atoms with van der Waals surface area (Å²) in [6.07, 6.45) is 0.645. The molecule has 1 heterocycles. The summed E-state index contributed by atoms with van der Waals surface area (Å²) in [6, 6.07) is 10.4. The molecule has 2 aromatic carbocycles. The van der Waals surface area contributed by atoms with E-state index in [1.807, 2.05) is 12.1 Å². The van der Waals surface area contributed by atoms with E-state index in [1.165, 1.54) is 4.90 Å². The van der Waals surface area contributed by atoms with Crippen molar-refractivity contribution in [2.75, 3.05) is 26.1 Å². The molecule has 26 heavy (non-hydrogen) atoms. The second-order valence-corrected chi connectivity index (χ2v) is 6.35. The number of carbonyl (C=O) groups excluding carboxylic acids is 2. The van der Waals surface area contributed by atoms with Crippen LogP contribution in [-0.4, -0.2) is 37.5 Å². The lowest BCUT2D eigenvalue weighted by atomic mass is 9.98. The van der Waals surface area contributed by atoms with E-state index in [0.29, 0.717) is 41.7 Å². The van der Waals surface area contributed by atoms with Gasteiger partial charge >= 0.3 is 11.8 Å². The number of nitrogens with zero attached hydrogens (tertiary/aromatic N) is 1. The first-order valence-corrected chi connectivity index (χ1v) is 8.49. The highest BCUT2D eigenvalue weighted by Gasteiger charge is 2.27. The largest absolute Gasteiger partial charge is 0.493 e. The number of hydrogen-bond acceptors (Lipinski definition) is 4. The summed E-state index contributed by atoms with van der Waals surface area (Å²) < 4.78 is 10.6. The Morgan fingerprint density at radius 1 is 1.08 bits per heavy atom. The molecule has 6 nitrogen and oxygen atoms in total. The molecule has 1 aliphatic rings. The highest BCUT2D eigenvalue weighted by atomic mass is 35.5. The Balaban J connectivity index is 1.73. The van der Waals surface area contributed by atoms with Gasteiger partial charge in [-0.2, -0.15) is 0 Å². The molecular formula is C19H19ClN2O4. The number of rotatable bonds is 3. The van der Waals surface area contributed by atoms with Gasteiger partial charge in [0.25, 0.3) is 0 Å². The van der Waals surface area contributed by atoms with Crippen molar-refractivity contribution in [3.8, 4) is 11.5 Å². The Bertz CT molecular complexity index is 853. The van der Waals surface area contributed by atoms with E-state index < -0.39 is 11.8 Å². The van der Waals surface area contributed by atoms with E-state index in [2.05, 4.69) is 5.32 Å². The average Bonchev–Trinajstić information content (AvgIpc) is 2.65. The van der Waals surface area contributed by atoms with Crippen LogP contribution in [-0.2, 0) is 22.6 Å². The van der Waals surface area contributed by atoms with Gasteiger partial charge in [-0.1, -0.05) is 17.7 Å². The normalized spacial score (nSPS) is 13.0. The zero-order valence-electron chi connectivity index (χ0n) is 14.5. The lowest BCUT2D eigenvalue weighted by Gasteiger charge is -2.29. The molecule has 0 saturated heterocycles. The summed E-state index contributed by atoms with van der Waals surface area (Å²) in [5, 5.41) is 3.07. The third-order valence-corrected chi connectivity index (χ3v) is 4.52. The number of fused-ring (bicyclic) bond motifs is 1. The summed E-state index contributed by atoms with van der Waals surface area (Å²) in [7, 11) is 3.15. The summed E-state index contributed by atoms with van der Waals surface area (Å²) in [6.45, 7) is 0.807. The maximum Gasteiger partial charge on any atom is 0.313 e. The molecule has 2 aromatic rings. The third kappa shape index (κ3) is 3.75. The number of amides is 2. The van der Waals surface area contributed by atoms with Crippen molar-refractivity contribution in [1.29, 1.82) is 0 Å². The fourth-order valence-electron chi connectivity index (χ4n) is 2.95. The molecule has 1 aliphatic heterocycles. The standard InChI is InChI=1S/C19H19ClN2O4/c1-25-16-8-12-6-7-22(11-13(12)9-17(16)26-2)19(24)18(23)21-15-5-3-4-14(20)10-15/h3-5,8-10H,6-7,11H2,1-2H3,(H,21,23). The van der Waals surface area contributed by atoms with Crippen molar-refractivity contribution in [3.63, 3.8) is 0 Å². The van der Waals surface area contributed by atoms with Crippen LogP contribution in [0, 0.1) is 0 Å². The van der Waals surface area contributed by atoms with E-state index >= 15 is 0 Å². The van der Waals surface area contributed by atoms with Gasteiger partial charge in [-0.05, 0) is 47.9 Å². The van der Waals surface area contributed by atoms with E-state index in [4.69, 9.17) is 21.1 Å². The van der Waals surface area contributed by atoms with Crippen LogP contribution in [0.5, 0.6) is 11.5 Å². The van der Waals surface area contributed by atoms with Crippen molar-refractivity contribution in [3.05, 3.63) is 52.5 Å². The van der Waals surface area contributed by atoms with Crippen molar-refractivity contribution in [1.82, 2.24) is 4.90 Å². The van der Waals surface area contributed by atoms with E-state index in [1.54, 1.807) is 38.5 Å². The molecule has 0 atom stereocenters. The van der Waals surface area contributed by atoms with E-state index in [-0.39, 0.29) is 0 Å². The number of methoxy groups -OCH3 is 2. The predicted octanol–water partition coefficient (Wildman–Crippen LogP) is 2.88. The number of anilines is 1. The van der Waals surface area contributed by atoms with Crippen molar-refractivity contribution in [2.24, 2.45) is 0 Å². The van der Waals surface area contributed by atoms with Crippen molar-refractivity contribution < 1.29 is 19.1 Å². The molecule has 2 amide bonds. The summed E-state index contributed by atoms with van der Waals surface area (Å²) in [4.78, 5) is 26.3. The first kappa shape index (κ1) is 18.1. The number of benzene rings is 2. The van der Waals surface area contributed by atoms with Gasteiger partial charge in [0, 0.05) is 23.8 Å². The topological polar surface area (TPSA) is 67.9 Å². The molecule has 0 bridgehead atoms. The average molecular weight is 375 g/mol. The fourth-order valence-corrected chi connectivity index (χ4v) is 3.14. The van der Waals surface area contributed by atoms with Crippen LogP contribution < -0.4 is 14.8 Å². The van der Waals surface area contributed by atoms with E-state index in [9.17, 15) is 9.59 Å².